The van der Waals surface area contributed by atoms with Gasteiger partial charge in [-0.25, -0.2) is 19.4 Å². The minimum Gasteiger partial charge on any atom is -0.289 e. The van der Waals surface area contributed by atoms with Crippen molar-refractivity contribution < 1.29 is 0 Å². The summed E-state index contributed by atoms with van der Waals surface area (Å²) in [5.41, 5.74) is 1.87. The van der Waals surface area contributed by atoms with Gasteiger partial charge in [-0.05, 0) is 51.5 Å². The Kier molecular flexibility index (Phi) is 3.89. The molecular weight excluding hydrogens is 342 g/mol. The van der Waals surface area contributed by atoms with Crippen LogP contribution in [0.4, 0.5) is 0 Å². The maximum absolute atomic E-state index is 12.3. The zero-order valence-electron chi connectivity index (χ0n) is 15.7. The van der Waals surface area contributed by atoms with E-state index in [0.717, 1.165) is 42.5 Å². The molecule has 8 heteroatoms. The van der Waals surface area contributed by atoms with Gasteiger partial charge in [0.15, 0.2) is 11.5 Å². The Morgan fingerprint density at radius 1 is 1.30 bits per heavy atom. The van der Waals surface area contributed by atoms with Crippen LogP contribution in [0.25, 0.3) is 5.65 Å². The third-order valence-corrected chi connectivity index (χ3v) is 5.97. The molecule has 8 nitrogen and oxygen atoms in total. The van der Waals surface area contributed by atoms with Crippen molar-refractivity contribution in [2.24, 2.45) is 11.8 Å². The Morgan fingerprint density at radius 3 is 2.93 bits per heavy atom. The quantitative estimate of drug-likeness (QED) is 0.747. The first-order valence-electron chi connectivity index (χ1n) is 9.81. The average Bonchev–Trinajstić information content (AvgIpc) is 3.06. The maximum Gasteiger partial charge on any atom is 0.343 e. The van der Waals surface area contributed by atoms with E-state index in [4.69, 9.17) is 0 Å². The average molecular weight is 367 g/mol. The van der Waals surface area contributed by atoms with Crippen molar-refractivity contribution in [1.82, 2.24) is 34.3 Å². The molecule has 0 amide bonds. The maximum atomic E-state index is 12.3. The summed E-state index contributed by atoms with van der Waals surface area (Å²) in [5.74, 6) is 2.22. The molecule has 2 unspecified atom stereocenters. The molecule has 0 spiro atoms. The Labute approximate surface area is 157 Å². The van der Waals surface area contributed by atoms with Gasteiger partial charge >= 0.3 is 5.69 Å². The highest BCUT2D eigenvalue weighted by Gasteiger charge is 2.46. The zero-order valence-corrected chi connectivity index (χ0v) is 15.7. The van der Waals surface area contributed by atoms with Crippen LogP contribution < -0.4 is 5.69 Å². The van der Waals surface area contributed by atoms with Crippen LogP contribution >= 0.6 is 0 Å². The summed E-state index contributed by atoms with van der Waals surface area (Å²) in [4.78, 5) is 19.3. The highest BCUT2D eigenvalue weighted by atomic mass is 16.1. The Bertz CT molecular complexity index is 1010. The Balaban J connectivity index is 1.50. The largest absolute Gasteiger partial charge is 0.343 e. The molecule has 3 aromatic heterocycles. The second-order valence-electron chi connectivity index (χ2n) is 8.15. The summed E-state index contributed by atoms with van der Waals surface area (Å²) in [6.45, 7) is 5.89. The van der Waals surface area contributed by atoms with Crippen LogP contribution in [0.3, 0.4) is 0 Å². The Morgan fingerprint density at radius 2 is 2.15 bits per heavy atom. The summed E-state index contributed by atoms with van der Waals surface area (Å²) >= 11 is 0. The van der Waals surface area contributed by atoms with E-state index in [1.807, 2.05) is 41.4 Å². The first-order valence-corrected chi connectivity index (χ1v) is 9.81. The molecule has 0 aromatic carbocycles. The van der Waals surface area contributed by atoms with Gasteiger partial charge in [-0.2, -0.15) is 10.2 Å². The van der Waals surface area contributed by atoms with Crippen molar-refractivity contribution in [3.63, 3.8) is 0 Å². The number of nitrogens with zero attached hydrogens (tertiary/aromatic N) is 6. The van der Waals surface area contributed by atoms with E-state index < -0.39 is 0 Å². The molecule has 2 fully saturated rings. The molecule has 1 aliphatic carbocycles. The molecule has 27 heavy (non-hydrogen) atoms. The standard InChI is InChI=1S/C19H25N7O/c1-12(2)26-18(22-23-19(26)27)17-15(14-3-4-14)6-8-24(17)10-13-9-20-16-5-7-21-25(16)11-13/h5,7,9,11-12,14-15,17H,3-4,6,8,10H2,1-2H3,(H,23,27). The lowest BCUT2D eigenvalue weighted by Crippen LogP contribution is -2.31. The van der Waals surface area contributed by atoms with Crippen LogP contribution in [0.15, 0.2) is 29.5 Å². The van der Waals surface area contributed by atoms with E-state index in [2.05, 4.69) is 25.2 Å². The molecule has 142 valence electrons. The molecule has 5 rings (SSSR count). The second kappa shape index (κ2) is 6.30. The lowest BCUT2D eigenvalue weighted by atomic mass is 9.94. The van der Waals surface area contributed by atoms with E-state index in [0.29, 0.717) is 5.92 Å². The van der Waals surface area contributed by atoms with Gasteiger partial charge in [-0.1, -0.05) is 0 Å². The van der Waals surface area contributed by atoms with E-state index in [1.165, 1.54) is 12.8 Å². The number of H-pyrrole nitrogens is 1. The number of hydrogen-bond donors (Lipinski definition) is 1. The predicted molar refractivity (Wildman–Crippen MR) is 100 cm³/mol. The molecule has 0 bridgehead atoms. The van der Waals surface area contributed by atoms with Crippen LogP contribution in [0.5, 0.6) is 0 Å². The first-order chi connectivity index (χ1) is 13.1. The molecule has 2 atom stereocenters. The molecule has 4 heterocycles. The van der Waals surface area contributed by atoms with Gasteiger partial charge in [0, 0.05) is 36.6 Å². The number of aromatic nitrogens is 6. The third-order valence-electron chi connectivity index (χ3n) is 5.97. The van der Waals surface area contributed by atoms with Crippen LogP contribution in [0.2, 0.25) is 0 Å². The summed E-state index contributed by atoms with van der Waals surface area (Å²) in [5, 5.41) is 11.4. The van der Waals surface area contributed by atoms with Gasteiger partial charge in [0.1, 0.15) is 0 Å². The number of hydrogen-bond acceptors (Lipinski definition) is 5. The van der Waals surface area contributed by atoms with Crippen molar-refractivity contribution in [2.75, 3.05) is 6.54 Å². The van der Waals surface area contributed by atoms with Crippen molar-refractivity contribution in [1.29, 1.82) is 0 Å². The van der Waals surface area contributed by atoms with Gasteiger partial charge in [0.25, 0.3) is 0 Å². The topological polar surface area (TPSA) is 84.1 Å². The SMILES string of the molecule is CC(C)n1c(C2C(C3CC3)CCN2Cc2cnc3ccnn3c2)n[nH]c1=O. The normalized spacial score (nSPS) is 23.7. The van der Waals surface area contributed by atoms with Crippen LogP contribution in [0, 0.1) is 11.8 Å². The molecule has 1 N–H and O–H groups in total. The third kappa shape index (κ3) is 2.88. The van der Waals surface area contributed by atoms with Gasteiger partial charge in [0.2, 0.25) is 0 Å². The number of fused-ring (bicyclic) bond motifs is 1. The van der Waals surface area contributed by atoms with Gasteiger partial charge < -0.3 is 0 Å². The zero-order chi connectivity index (χ0) is 18.5. The van der Waals surface area contributed by atoms with Crippen LogP contribution in [-0.2, 0) is 6.54 Å². The lowest BCUT2D eigenvalue weighted by Gasteiger charge is -2.28. The molecule has 2 aliphatic rings. The molecule has 1 saturated heterocycles. The van der Waals surface area contributed by atoms with Gasteiger partial charge in [-0.15, -0.1) is 0 Å². The predicted octanol–water partition coefficient (Wildman–Crippen LogP) is 2.17. The molecule has 3 aromatic rings. The van der Waals surface area contributed by atoms with E-state index in [9.17, 15) is 4.79 Å². The fourth-order valence-corrected chi connectivity index (χ4v) is 4.62. The van der Waals surface area contributed by atoms with E-state index >= 15 is 0 Å². The van der Waals surface area contributed by atoms with E-state index in [-0.39, 0.29) is 17.8 Å². The van der Waals surface area contributed by atoms with Gasteiger partial charge in [0.05, 0.1) is 12.2 Å². The molecular formula is C19H25N7O. The minimum absolute atomic E-state index is 0.0932. The highest BCUT2D eigenvalue weighted by Crippen LogP contribution is 2.50. The number of rotatable bonds is 5. The monoisotopic (exact) mass is 367 g/mol. The molecule has 0 radical (unpaired) electrons. The summed E-state index contributed by atoms with van der Waals surface area (Å²) in [7, 11) is 0. The number of nitrogens with one attached hydrogen (secondary N) is 1. The first kappa shape index (κ1) is 16.7. The van der Waals surface area contributed by atoms with Crippen LogP contribution in [0.1, 0.15) is 56.6 Å². The summed E-state index contributed by atoms with van der Waals surface area (Å²) in [6, 6.07) is 2.17. The van der Waals surface area contributed by atoms with Crippen molar-refractivity contribution in [3.05, 3.63) is 46.5 Å². The number of aromatic amines is 1. The summed E-state index contributed by atoms with van der Waals surface area (Å²) in [6.07, 6.45) is 9.49. The van der Waals surface area contributed by atoms with Crippen LogP contribution in [-0.4, -0.2) is 40.8 Å². The van der Waals surface area contributed by atoms with E-state index in [1.54, 1.807) is 6.20 Å². The Hall–Kier alpha value is -2.48. The summed E-state index contributed by atoms with van der Waals surface area (Å²) < 4.78 is 3.64. The minimum atomic E-state index is -0.110. The molecule has 1 saturated carbocycles. The van der Waals surface area contributed by atoms with Crippen molar-refractivity contribution in [2.45, 2.75) is 51.7 Å². The van der Waals surface area contributed by atoms with Gasteiger partial charge in [-0.3, -0.25) is 9.47 Å². The van der Waals surface area contributed by atoms with Crippen molar-refractivity contribution in [3.8, 4) is 0 Å². The lowest BCUT2D eigenvalue weighted by molar-refractivity contribution is 0.193. The highest BCUT2D eigenvalue weighted by molar-refractivity contribution is 5.35. The fourth-order valence-electron chi connectivity index (χ4n) is 4.62. The second-order valence-corrected chi connectivity index (χ2v) is 8.15. The molecule has 1 aliphatic heterocycles. The number of likely N-dealkylation sites (tertiary alicyclic amines) is 1. The fraction of sp³-hybridized carbons (Fsp3) is 0.579. The smallest absolute Gasteiger partial charge is 0.289 e. The van der Waals surface area contributed by atoms with Crippen molar-refractivity contribution >= 4 is 5.65 Å².